The predicted octanol–water partition coefficient (Wildman–Crippen LogP) is 6.34. The van der Waals surface area contributed by atoms with Crippen molar-refractivity contribution < 1.29 is 18.8 Å². The van der Waals surface area contributed by atoms with Gasteiger partial charge in [0, 0.05) is 22.5 Å². The van der Waals surface area contributed by atoms with Crippen molar-refractivity contribution in [1.29, 1.82) is 0 Å². The van der Waals surface area contributed by atoms with Crippen LogP contribution in [0.25, 0.3) is 6.08 Å². The summed E-state index contributed by atoms with van der Waals surface area (Å²) in [5, 5.41) is 3.25. The highest BCUT2D eigenvalue weighted by atomic mass is 35.5. The minimum absolute atomic E-state index is 0.219. The fourth-order valence-corrected chi connectivity index (χ4v) is 6.96. The van der Waals surface area contributed by atoms with Crippen LogP contribution in [0.5, 0.6) is 0 Å². The number of hydrogen-bond acceptors (Lipinski definition) is 4. The Morgan fingerprint density at radius 3 is 2.35 bits per heavy atom. The lowest BCUT2D eigenvalue weighted by Gasteiger charge is -2.37. The van der Waals surface area contributed by atoms with Gasteiger partial charge < -0.3 is 10.2 Å². The number of Topliss-reactive ketones (excluding diaryl/α,β-unsaturated/α-hetero) is 2. The number of nitrogens with one attached hydrogen (secondary N) is 1. The van der Waals surface area contributed by atoms with Crippen molar-refractivity contribution in [1.82, 2.24) is 0 Å². The van der Waals surface area contributed by atoms with Gasteiger partial charge in [0.2, 0.25) is 5.91 Å². The molecule has 1 N–H and O–H groups in total. The summed E-state index contributed by atoms with van der Waals surface area (Å²) in [6.45, 7) is 0. The predicted molar refractivity (Wildman–Crippen MR) is 152 cm³/mol. The van der Waals surface area contributed by atoms with Crippen LogP contribution in [0.1, 0.15) is 31.8 Å². The minimum Gasteiger partial charge on any atom is -0.352 e. The van der Waals surface area contributed by atoms with Crippen LogP contribution < -0.4 is 10.2 Å². The van der Waals surface area contributed by atoms with Crippen LogP contribution in [0.4, 0.5) is 15.8 Å². The highest BCUT2D eigenvalue weighted by Gasteiger charge is 2.70. The molecule has 40 heavy (non-hydrogen) atoms. The zero-order valence-electron chi connectivity index (χ0n) is 21.1. The lowest BCUT2D eigenvalue weighted by Crippen LogP contribution is -2.51. The first kappa shape index (κ1) is 24.5. The van der Waals surface area contributed by atoms with E-state index in [0.717, 1.165) is 11.3 Å². The van der Waals surface area contributed by atoms with Gasteiger partial charge in [-0.1, -0.05) is 72.3 Å². The number of para-hydroxylation sites is 2. The fraction of sp³-hybridized carbons (Fsp3) is 0.121. The van der Waals surface area contributed by atoms with Crippen molar-refractivity contribution in [3.63, 3.8) is 0 Å². The van der Waals surface area contributed by atoms with Crippen LogP contribution in [0.2, 0.25) is 5.02 Å². The maximum Gasteiger partial charge on any atom is 0.238 e. The minimum atomic E-state index is -1.44. The molecule has 1 fully saturated rings. The molecular formula is C33H22ClFN2O3. The Bertz CT molecular complexity index is 1750. The molecule has 1 amide bonds. The Labute approximate surface area is 234 Å². The summed E-state index contributed by atoms with van der Waals surface area (Å²) < 4.78 is 13.9. The van der Waals surface area contributed by atoms with Gasteiger partial charge >= 0.3 is 0 Å². The third-order valence-corrected chi connectivity index (χ3v) is 8.69. The van der Waals surface area contributed by atoms with E-state index in [0.29, 0.717) is 11.3 Å². The maximum atomic E-state index is 14.6. The van der Waals surface area contributed by atoms with Gasteiger partial charge in [0.05, 0.1) is 17.0 Å². The molecule has 7 heteroatoms. The number of fused-ring (bicyclic) bond motifs is 6. The molecule has 1 spiro atoms. The molecule has 4 aromatic rings. The van der Waals surface area contributed by atoms with Crippen LogP contribution in [-0.4, -0.2) is 29.6 Å². The Kier molecular flexibility index (Phi) is 5.51. The van der Waals surface area contributed by atoms with E-state index in [-0.39, 0.29) is 27.8 Å². The fourth-order valence-electron chi connectivity index (χ4n) is 6.73. The lowest BCUT2D eigenvalue weighted by molar-refractivity contribution is -0.121. The maximum absolute atomic E-state index is 14.6. The van der Waals surface area contributed by atoms with Crippen molar-refractivity contribution in [2.75, 3.05) is 10.2 Å². The first-order valence-corrected chi connectivity index (χ1v) is 13.4. The Morgan fingerprint density at radius 1 is 0.850 bits per heavy atom. The van der Waals surface area contributed by atoms with E-state index in [2.05, 4.69) is 5.32 Å². The molecule has 0 aliphatic carbocycles. The van der Waals surface area contributed by atoms with Gasteiger partial charge in [-0.3, -0.25) is 14.4 Å². The van der Waals surface area contributed by atoms with Gasteiger partial charge in [-0.05, 0) is 59.7 Å². The molecule has 0 aromatic heterocycles. The third kappa shape index (κ3) is 3.29. The largest absolute Gasteiger partial charge is 0.352 e. The van der Waals surface area contributed by atoms with Crippen molar-refractivity contribution in [3.8, 4) is 0 Å². The number of rotatable bonds is 4. The summed E-state index contributed by atoms with van der Waals surface area (Å²) in [6, 6.07) is 25.1. The molecule has 0 saturated carbocycles. The molecule has 1 saturated heterocycles. The van der Waals surface area contributed by atoms with Gasteiger partial charge in [0.1, 0.15) is 17.3 Å². The second-order valence-corrected chi connectivity index (χ2v) is 10.7. The van der Waals surface area contributed by atoms with Crippen molar-refractivity contribution in [3.05, 3.63) is 136 Å². The van der Waals surface area contributed by atoms with Crippen molar-refractivity contribution >= 4 is 46.5 Å². The van der Waals surface area contributed by atoms with Crippen LogP contribution >= 0.6 is 11.6 Å². The summed E-state index contributed by atoms with van der Waals surface area (Å²) >= 11 is 6.54. The normalized spacial score (nSPS) is 23.9. The molecule has 7 rings (SSSR count). The number of halogens is 2. The van der Waals surface area contributed by atoms with E-state index in [4.69, 9.17) is 11.6 Å². The Balaban J connectivity index is 1.55. The quantitative estimate of drug-likeness (QED) is 0.302. The Morgan fingerprint density at radius 2 is 1.55 bits per heavy atom. The van der Waals surface area contributed by atoms with Gasteiger partial charge in [-0.25, -0.2) is 4.39 Å². The average molecular weight is 549 g/mol. The van der Waals surface area contributed by atoms with Gasteiger partial charge in [-0.2, -0.15) is 0 Å². The van der Waals surface area contributed by atoms with Gasteiger partial charge in [0.25, 0.3) is 0 Å². The summed E-state index contributed by atoms with van der Waals surface area (Å²) in [5.74, 6) is -2.78. The van der Waals surface area contributed by atoms with E-state index < -0.39 is 35.0 Å². The van der Waals surface area contributed by atoms with Crippen LogP contribution in [-0.2, 0) is 10.2 Å². The molecule has 3 aliphatic rings. The summed E-state index contributed by atoms with van der Waals surface area (Å²) in [5.41, 5.74) is 1.90. The molecule has 5 nitrogen and oxygen atoms in total. The first-order chi connectivity index (χ1) is 19.4. The SMILES string of the molecule is O=C(c1ccccc1Cl)[C@@H]1[C@@H](C(=O)c2ccc(F)cc2)[C@]2(C(=O)Nc3ccccc32)[C@H]2C=Cc3ccccc3N12. The van der Waals surface area contributed by atoms with Crippen LogP contribution in [0.3, 0.4) is 0 Å². The van der Waals surface area contributed by atoms with Crippen molar-refractivity contribution in [2.45, 2.75) is 17.5 Å². The number of hydrogen-bond donors (Lipinski definition) is 1. The zero-order chi connectivity index (χ0) is 27.6. The molecule has 0 bridgehead atoms. The number of carbonyl (C=O) groups is 3. The lowest BCUT2D eigenvalue weighted by atomic mass is 9.64. The second-order valence-electron chi connectivity index (χ2n) is 10.3. The molecule has 0 radical (unpaired) electrons. The van der Waals surface area contributed by atoms with E-state index in [1.165, 1.54) is 24.3 Å². The average Bonchev–Trinajstić information content (AvgIpc) is 3.45. The molecule has 3 aliphatic heterocycles. The zero-order valence-corrected chi connectivity index (χ0v) is 21.8. The molecule has 4 aromatic carbocycles. The van der Waals surface area contributed by atoms with Gasteiger partial charge in [0.15, 0.2) is 11.6 Å². The van der Waals surface area contributed by atoms with Crippen LogP contribution in [0.15, 0.2) is 103 Å². The number of carbonyl (C=O) groups excluding carboxylic acids is 3. The molecule has 0 unspecified atom stereocenters. The highest BCUT2D eigenvalue weighted by Crippen LogP contribution is 2.58. The monoisotopic (exact) mass is 548 g/mol. The number of ketones is 2. The molecule has 196 valence electrons. The van der Waals surface area contributed by atoms with Gasteiger partial charge in [-0.15, -0.1) is 0 Å². The number of amides is 1. The van der Waals surface area contributed by atoms with E-state index in [1.807, 2.05) is 59.5 Å². The first-order valence-electron chi connectivity index (χ1n) is 13.0. The smallest absolute Gasteiger partial charge is 0.238 e. The number of benzene rings is 4. The Hall–Kier alpha value is -4.55. The summed E-state index contributed by atoms with van der Waals surface area (Å²) in [6.07, 6.45) is 3.85. The van der Waals surface area contributed by atoms with Crippen LogP contribution in [0, 0.1) is 11.7 Å². The highest BCUT2D eigenvalue weighted by molar-refractivity contribution is 6.34. The van der Waals surface area contributed by atoms with Crippen molar-refractivity contribution in [2.24, 2.45) is 5.92 Å². The third-order valence-electron chi connectivity index (χ3n) is 8.36. The summed E-state index contributed by atoms with van der Waals surface area (Å²) in [7, 11) is 0. The topological polar surface area (TPSA) is 66.5 Å². The number of anilines is 2. The molecular weight excluding hydrogens is 527 g/mol. The second kappa shape index (κ2) is 9.00. The number of nitrogens with zero attached hydrogens (tertiary/aromatic N) is 1. The van der Waals surface area contributed by atoms with E-state index >= 15 is 0 Å². The molecule has 3 heterocycles. The van der Waals surface area contributed by atoms with E-state index in [1.54, 1.807) is 30.3 Å². The van der Waals surface area contributed by atoms with E-state index in [9.17, 15) is 18.8 Å². The standard InChI is InChI=1S/C33H22ClFN2O3/c34-24-10-4-2-8-22(24)31(39)29-28(30(38)20-13-16-21(35)17-14-20)33(23-9-3-5-11-25(23)36-32(33)40)27-18-15-19-7-1-6-12-26(19)37(27)29/h1-18,27-29H,(H,36,40)/t27-,28+,29+,33-/m1/s1. The summed E-state index contributed by atoms with van der Waals surface area (Å²) in [4.78, 5) is 45.4. The molecule has 4 atom stereocenters.